The Morgan fingerprint density at radius 1 is 1.17 bits per heavy atom. The van der Waals surface area contributed by atoms with Crippen LogP contribution in [0.5, 0.6) is 0 Å². The van der Waals surface area contributed by atoms with Crippen molar-refractivity contribution >= 4 is 17.5 Å². The zero-order valence-electron chi connectivity index (χ0n) is 7.16. The molecule has 0 amide bonds. The molecular weight excluding hydrogens is 180 g/mol. The Balaban J connectivity index is 2.84. The van der Waals surface area contributed by atoms with Crippen molar-refractivity contribution in [3.05, 3.63) is 49.6 Å². The molecule has 1 rings (SSSR count). The van der Waals surface area contributed by atoms with Crippen molar-refractivity contribution in [2.45, 2.75) is 0 Å². The molecule has 1 N–H and O–H groups in total. The van der Waals surface area contributed by atoms with Gasteiger partial charge < -0.3 is 8.88 Å². The molecule has 1 saturated heterocycles. The second-order valence-corrected chi connectivity index (χ2v) is 9.22. The molecule has 1 aliphatic heterocycles. The van der Waals surface area contributed by atoms with Gasteiger partial charge in [-0.05, 0) is 6.20 Å². The molecule has 0 aromatic carbocycles. The summed E-state index contributed by atoms with van der Waals surface area (Å²) < 4.78 is 5.80. The van der Waals surface area contributed by atoms with E-state index in [1.165, 1.54) is 0 Å². The third-order valence-corrected chi connectivity index (χ3v) is 10.8. The third kappa shape index (κ3) is 1.04. The van der Waals surface area contributed by atoms with Crippen LogP contribution >= 0.6 is 0 Å². The standard InChI is InChI=1S/C8H14N2Si2/c1-5-10-11(6-2)9-12(10,7-3)8-4/h5-9,11H,1-4H2. The van der Waals surface area contributed by atoms with Crippen LogP contribution < -0.4 is 4.65 Å². The van der Waals surface area contributed by atoms with Gasteiger partial charge in [0.1, 0.15) is 0 Å². The molecule has 1 atom stereocenters. The molecule has 1 unspecified atom stereocenters. The summed E-state index contributed by atoms with van der Waals surface area (Å²) in [6.07, 6.45) is 1.88. The first-order chi connectivity index (χ1) is 5.74. The number of rotatable bonds is 4. The zero-order valence-corrected chi connectivity index (χ0v) is 9.32. The fourth-order valence-electron chi connectivity index (χ4n) is 1.39. The number of hydrogen-bond acceptors (Lipinski definition) is 2. The van der Waals surface area contributed by atoms with Gasteiger partial charge in [-0.1, -0.05) is 23.7 Å². The van der Waals surface area contributed by atoms with Crippen LogP contribution in [0, 0.1) is 0 Å². The lowest BCUT2D eigenvalue weighted by atomic mass is 11.1. The van der Waals surface area contributed by atoms with Crippen molar-refractivity contribution in [3.63, 3.8) is 0 Å². The van der Waals surface area contributed by atoms with Gasteiger partial charge in [-0.3, -0.25) is 0 Å². The van der Waals surface area contributed by atoms with Crippen LogP contribution in [-0.4, -0.2) is 21.7 Å². The third-order valence-electron chi connectivity index (χ3n) is 2.15. The maximum Gasteiger partial charge on any atom is 0.270 e. The van der Waals surface area contributed by atoms with Crippen LogP contribution in [-0.2, 0) is 0 Å². The van der Waals surface area contributed by atoms with E-state index in [4.69, 9.17) is 0 Å². The molecule has 0 aliphatic carbocycles. The van der Waals surface area contributed by atoms with Crippen molar-refractivity contribution in [2.75, 3.05) is 0 Å². The summed E-state index contributed by atoms with van der Waals surface area (Å²) in [4.78, 5) is 0. The summed E-state index contributed by atoms with van der Waals surface area (Å²) in [6.45, 7) is 15.2. The zero-order chi connectivity index (χ0) is 9.19. The summed E-state index contributed by atoms with van der Waals surface area (Å²) in [7, 11) is -2.83. The molecule has 0 saturated carbocycles. The van der Waals surface area contributed by atoms with Gasteiger partial charge in [0.05, 0.1) is 0 Å². The summed E-state index contributed by atoms with van der Waals surface area (Å²) in [5.74, 6) is 0. The minimum absolute atomic E-state index is 1.11. The fraction of sp³-hybridized carbons (Fsp3) is 0. The van der Waals surface area contributed by atoms with E-state index in [9.17, 15) is 0 Å². The maximum absolute atomic E-state index is 3.82. The Morgan fingerprint density at radius 3 is 2.08 bits per heavy atom. The molecule has 0 bridgehead atoms. The second-order valence-electron chi connectivity index (χ2n) is 2.65. The van der Waals surface area contributed by atoms with Gasteiger partial charge in [0.25, 0.3) is 8.40 Å². The quantitative estimate of drug-likeness (QED) is 0.668. The molecule has 2 nitrogen and oxygen atoms in total. The van der Waals surface area contributed by atoms with Gasteiger partial charge in [0.15, 0.2) is 0 Å². The molecule has 1 aliphatic rings. The molecular formula is C8H14N2Si2. The molecule has 0 spiro atoms. The van der Waals surface area contributed by atoms with Gasteiger partial charge in [0.2, 0.25) is 9.12 Å². The average Bonchev–Trinajstić information content (AvgIpc) is 2.07. The average molecular weight is 194 g/mol. The molecule has 64 valence electrons. The highest BCUT2D eigenvalue weighted by atomic mass is 28.5. The Morgan fingerprint density at radius 2 is 1.75 bits per heavy atom. The van der Waals surface area contributed by atoms with E-state index in [0.29, 0.717) is 0 Å². The van der Waals surface area contributed by atoms with Crippen molar-refractivity contribution in [1.29, 1.82) is 0 Å². The smallest absolute Gasteiger partial charge is 0.270 e. The van der Waals surface area contributed by atoms with E-state index in [0.717, 1.165) is 0 Å². The highest BCUT2D eigenvalue weighted by molar-refractivity contribution is 7.04. The molecule has 0 aromatic rings. The number of hydrogen-bond donors (Lipinski definition) is 1. The van der Waals surface area contributed by atoms with Crippen molar-refractivity contribution in [2.24, 2.45) is 0 Å². The van der Waals surface area contributed by atoms with E-state index in [2.05, 4.69) is 35.2 Å². The molecule has 1 heterocycles. The highest BCUT2D eigenvalue weighted by Crippen LogP contribution is 2.21. The SMILES string of the molecule is C=CN1[SiH](C=C)N[Si]1(C=C)C=C. The van der Waals surface area contributed by atoms with Crippen molar-refractivity contribution < 1.29 is 0 Å². The van der Waals surface area contributed by atoms with Crippen LogP contribution in [0.1, 0.15) is 0 Å². The highest BCUT2D eigenvalue weighted by Gasteiger charge is 2.47. The molecule has 12 heavy (non-hydrogen) atoms. The lowest BCUT2D eigenvalue weighted by molar-refractivity contribution is 0.773. The lowest BCUT2D eigenvalue weighted by Crippen LogP contribution is -2.81. The van der Waals surface area contributed by atoms with Crippen LogP contribution in [0.15, 0.2) is 49.6 Å². The molecule has 0 radical (unpaired) electrons. The summed E-state index contributed by atoms with van der Waals surface area (Å²) >= 11 is 0. The van der Waals surface area contributed by atoms with E-state index in [1.54, 1.807) is 0 Å². The van der Waals surface area contributed by atoms with Gasteiger partial charge >= 0.3 is 0 Å². The number of nitrogens with zero attached hydrogens (tertiary/aromatic N) is 1. The van der Waals surface area contributed by atoms with E-state index >= 15 is 0 Å². The first-order valence-corrected chi connectivity index (χ1v) is 7.68. The largest absolute Gasteiger partial charge is 0.401 e. The van der Waals surface area contributed by atoms with Crippen LogP contribution in [0.4, 0.5) is 0 Å². The monoisotopic (exact) mass is 194 g/mol. The van der Waals surface area contributed by atoms with E-state index < -0.39 is 17.5 Å². The molecule has 4 heteroatoms. The maximum atomic E-state index is 3.82. The van der Waals surface area contributed by atoms with E-state index in [-0.39, 0.29) is 0 Å². The number of nitrogens with one attached hydrogen (secondary N) is 1. The molecule has 0 aromatic heterocycles. The van der Waals surface area contributed by atoms with Gasteiger partial charge in [0, 0.05) is 0 Å². The van der Waals surface area contributed by atoms with Crippen molar-refractivity contribution in [3.8, 4) is 0 Å². The Bertz CT molecular complexity index is 229. The van der Waals surface area contributed by atoms with Gasteiger partial charge in [-0.2, -0.15) is 0 Å². The van der Waals surface area contributed by atoms with Gasteiger partial charge in [-0.15, -0.1) is 19.7 Å². The van der Waals surface area contributed by atoms with Crippen molar-refractivity contribution in [1.82, 2.24) is 8.88 Å². The Hall–Kier alpha value is -0.846. The second kappa shape index (κ2) is 3.26. The van der Waals surface area contributed by atoms with Gasteiger partial charge in [-0.25, -0.2) is 0 Å². The lowest BCUT2D eigenvalue weighted by Gasteiger charge is -2.52. The molecule has 1 fully saturated rings. The van der Waals surface area contributed by atoms with Crippen LogP contribution in [0.25, 0.3) is 0 Å². The first-order valence-electron chi connectivity index (χ1n) is 3.82. The summed E-state index contributed by atoms with van der Waals surface area (Å²) in [5, 5.41) is 0. The Kier molecular flexibility index (Phi) is 2.51. The summed E-state index contributed by atoms with van der Waals surface area (Å²) in [5.41, 5.74) is 5.92. The predicted molar refractivity (Wildman–Crippen MR) is 58.7 cm³/mol. The minimum Gasteiger partial charge on any atom is -0.401 e. The Labute approximate surface area is 76.5 Å². The topological polar surface area (TPSA) is 15.3 Å². The fourth-order valence-corrected chi connectivity index (χ4v) is 9.46. The van der Waals surface area contributed by atoms with Crippen LogP contribution in [0.2, 0.25) is 0 Å². The van der Waals surface area contributed by atoms with E-state index in [1.807, 2.05) is 23.3 Å². The van der Waals surface area contributed by atoms with Crippen LogP contribution in [0.3, 0.4) is 0 Å². The minimum atomic E-state index is -1.72. The predicted octanol–water partition coefficient (Wildman–Crippen LogP) is 0.873. The summed E-state index contributed by atoms with van der Waals surface area (Å²) in [6, 6.07) is 0. The first kappa shape index (κ1) is 9.24. The normalized spacial score (nSPS) is 25.3.